The number of hydrogen-bond donors (Lipinski definition) is 1. The van der Waals surface area contributed by atoms with Gasteiger partial charge in [0.05, 0.1) is 0 Å². The van der Waals surface area contributed by atoms with Crippen molar-refractivity contribution in [3.05, 3.63) is 12.2 Å². The number of nitrogens with one attached hydrogen (secondary N) is 1. The summed E-state index contributed by atoms with van der Waals surface area (Å²) in [4.78, 5) is 11.5. The maximum Gasteiger partial charge on any atom is 0.220 e. The standard InChI is InChI=1S/C13H23NO/c1-12-10-8-6-4-2-3-5-7-9-11-13(15)14-12/h6,8,12H,2-5,7,9-11H2,1H3,(H,14,15)/b8-6-/t12-/m0/s1. The summed E-state index contributed by atoms with van der Waals surface area (Å²) in [6.07, 6.45) is 13.4. The summed E-state index contributed by atoms with van der Waals surface area (Å²) in [5, 5.41) is 3.03. The summed E-state index contributed by atoms with van der Waals surface area (Å²) in [6, 6.07) is 0.287. The molecule has 2 nitrogen and oxygen atoms in total. The van der Waals surface area contributed by atoms with E-state index in [-0.39, 0.29) is 11.9 Å². The van der Waals surface area contributed by atoms with Gasteiger partial charge in [0.25, 0.3) is 0 Å². The van der Waals surface area contributed by atoms with Gasteiger partial charge >= 0.3 is 0 Å². The Bertz CT molecular complexity index is 211. The predicted octanol–water partition coefficient (Wildman–Crippen LogP) is 3.18. The lowest BCUT2D eigenvalue weighted by atomic mass is 10.1. The van der Waals surface area contributed by atoms with Crippen molar-refractivity contribution < 1.29 is 4.79 Å². The van der Waals surface area contributed by atoms with Crippen molar-refractivity contribution in [3.8, 4) is 0 Å². The molecule has 1 N–H and O–H groups in total. The van der Waals surface area contributed by atoms with Crippen LogP contribution in [-0.2, 0) is 4.79 Å². The Morgan fingerprint density at radius 3 is 2.73 bits per heavy atom. The predicted molar refractivity (Wildman–Crippen MR) is 63.7 cm³/mol. The van der Waals surface area contributed by atoms with Gasteiger partial charge in [0.1, 0.15) is 0 Å². The number of amides is 1. The fraction of sp³-hybridized carbons (Fsp3) is 0.769. The Hall–Kier alpha value is -0.790. The Balaban J connectivity index is 2.34. The topological polar surface area (TPSA) is 29.1 Å². The van der Waals surface area contributed by atoms with Crippen LogP contribution in [0.25, 0.3) is 0 Å². The van der Waals surface area contributed by atoms with Gasteiger partial charge in [0.15, 0.2) is 0 Å². The van der Waals surface area contributed by atoms with Gasteiger partial charge in [-0.3, -0.25) is 4.79 Å². The molecule has 1 aliphatic heterocycles. The average molecular weight is 209 g/mol. The second kappa shape index (κ2) is 7.49. The van der Waals surface area contributed by atoms with Crippen LogP contribution >= 0.6 is 0 Å². The van der Waals surface area contributed by atoms with Gasteiger partial charge in [-0.15, -0.1) is 0 Å². The van der Waals surface area contributed by atoms with Gasteiger partial charge in [-0.05, 0) is 32.6 Å². The Morgan fingerprint density at radius 2 is 1.87 bits per heavy atom. The Morgan fingerprint density at radius 1 is 1.13 bits per heavy atom. The molecule has 0 saturated carbocycles. The molecule has 0 aromatic heterocycles. The first kappa shape index (κ1) is 12.3. The fourth-order valence-corrected chi connectivity index (χ4v) is 1.90. The molecule has 15 heavy (non-hydrogen) atoms. The van der Waals surface area contributed by atoms with Crippen LogP contribution in [0.3, 0.4) is 0 Å². The van der Waals surface area contributed by atoms with Crippen LogP contribution in [-0.4, -0.2) is 11.9 Å². The first-order valence-electron chi connectivity index (χ1n) is 6.23. The molecule has 86 valence electrons. The lowest BCUT2D eigenvalue weighted by molar-refractivity contribution is -0.121. The van der Waals surface area contributed by atoms with Crippen molar-refractivity contribution >= 4 is 5.91 Å². The highest BCUT2D eigenvalue weighted by Gasteiger charge is 2.05. The highest BCUT2D eigenvalue weighted by molar-refractivity contribution is 5.76. The summed E-state index contributed by atoms with van der Waals surface area (Å²) < 4.78 is 0. The summed E-state index contributed by atoms with van der Waals surface area (Å²) in [5.74, 6) is 0.218. The molecule has 0 aliphatic carbocycles. The molecule has 0 bridgehead atoms. The maximum atomic E-state index is 11.5. The van der Waals surface area contributed by atoms with Gasteiger partial charge in [0.2, 0.25) is 5.91 Å². The quantitative estimate of drug-likeness (QED) is 0.610. The van der Waals surface area contributed by atoms with Gasteiger partial charge in [-0.1, -0.05) is 31.4 Å². The molecule has 1 aliphatic rings. The van der Waals surface area contributed by atoms with E-state index >= 15 is 0 Å². The molecule has 1 amide bonds. The number of carbonyl (C=O) groups excluding carboxylic acids is 1. The van der Waals surface area contributed by atoms with E-state index < -0.39 is 0 Å². The summed E-state index contributed by atoms with van der Waals surface area (Å²) in [6.45, 7) is 2.07. The van der Waals surface area contributed by atoms with E-state index in [1.165, 1.54) is 32.1 Å². The smallest absolute Gasteiger partial charge is 0.220 e. The van der Waals surface area contributed by atoms with E-state index in [9.17, 15) is 4.79 Å². The minimum Gasteiger partial charge on any atom is -0.353 e. The molecule has 0 radical (unpaired) electrons. The molecule has 1 heterocycles. The second-order valence-corrected chi connectivity index (χ2v) is 4.48. The van der Waals surface area contributed by atoms with Crippen LogP contribution in [0.1, 0.15) is 58.3 Å². The number of allylic oxidation sites excluding steroid dienone is 1. The first-order chi connectivity index (χ1) is 7.29. The fourth-order valence-electron chi connectivity index (χ4n) is 1.90. The number of carbonyl (C=O) groups is 1. The largest absolute Gasteiger partial charge is 0.353 e. The van der Waals surface area contributed by atoms with Crippen molar-refractivity contribution in [1.29, 1.82) is 0 Å². The van der Waals surface area contributed by atoms with E-state index in [1.54, 1.807) is 0 Å². The zero-order valence-electron chi connectivity index (χ0n) is 9.80. The van der Waals surface area contributed by atoms with Crippen molar-refractivity contribution in [1.82, 2.24) is 5.32 Å². The van der Waals surface area contributed by atoms with Crippen molar-refractivity contribution in [2.75, 3.05) is 0 Å². The summed E-state index contributed by atoms with van der Waals surface area (Å²) in [5.41, 5.74) is 0. The number of hydrogen-bond acceptors (Lipinski definition) is 1. The second-order valence-electron chi connectivity index (χ2n) is 4.48. The van der Waals surface area contributed by atoms with E-state index in [4.69, 9.17) is 0 Å². The molecule has 2 heteroatoms. The first-order valence-corrected chi connectivity index (χ1v) is 6.23. The van der Waals surface area contributed by atoms with Crippen LogP contribution in [0, 0.1) is 0 Å². The minimum atomic E-state index is 0.218. The van der Waals surface area contributed by atoms with Crippen molar-refractivity contribution in [3.63, 3.8) is 0 Å². The van der Waals surface area contributed by atoms with Gasteiger partial charge in [-0.2, -0.15) is 0 Å². The van der Waals surface area contributed by atoms with Crippen molar-refractivity contribution in [2.45, 2.75) is 64.3 Å². The van der Waals surface area contributed by atoms with Gasteiger partial charge in [0, 0.05) is 12.5 Å². The van der Waals surface area contributed by atoms with Crippen LogP contribution < -0.4 is 5.32 Å². The maximum absolute atomic E-state index is 11.5. The third-order valence-electron chi connectivity index (χ3n) is 2.84. The Kier molecular flexibility index (Phi) is 6.14. The monoisotopic (exact) mass is 209 g/mol. The molecule has 1 atom stereocenters. The highest BCUT2D eigenvalue weighted by atomic mass is 16.1. The van der Waals surface area contributed by atoms with Crippen LogP contribution in [0.5, 0.6) is 0 Å². The minimum absolute atomic E-state index is 0.218. The van der Waals surface area contributed by atoms with Crippen LogP contribution in [0.15, 0.2) is 12.2 Å². The third-order valence-corrected chi connectivity index (χ3v) is 2.84. The third kappa shape index (κ3) is 6.32. The van der Waals surface area contributed by atoms with E-state index in [0.29, 0.717) is 6.42 Å². The molecule has 0 spiro atoms. The van der Waals surface area contributed by atoms with Crippen molar-refractivity contribution in [2.24, 2.45) is 0 Å². The SMILES string of the molecule is C[C@H]1C/C=C\CCCCCCCC(=O)N1. The molecule has 0 aromatic rings. The lowest BCUT2D eigenvalue weighted by Crippen LogP contribution is -2.31. The molecule has 0 fully saturated rings. The van der Waals surface area contributed by atoms with Gasteiger partial charge < -0.3 is 5.32 Å². The molecular weight excluding hydrogens is 186 g/mol. The Labute approximate surface area is 93.1 Å². The van der Waals surface area contributed by atoms with Gasteiger partial charge in [-0.25, -0.2) is 0 Å². The van der Waals surface area contributed by atoms with E-state index in [0.717, 1.165) is 12.8 Å². The molecular formula is C13H23NO. The molecule has 0 aromatic carbocycles. The van der Waals surface area contributed by atoms with E-state index in [1.807, 2.05) is 0 Å². The van der Waals surface area contributed by atoms with Crippen LogP contribution in [0.2, 0.25) is 0 Å². The normalized spacial score (nSPS) is 28.1. The molecule has 0 unspecified atom stereocenters. The molecule has 1 rings (SSSR count). The highest BCUT2D eigenvalue weighted by Crippen LogP contribution is 2.09. The zero-order valence-corrected chi connectivity index (χ0v) is 9.80. The average Bonchev–Trinajstić information content (AvgIpc) is 2.21. The number of rotatable bonds is 0. The molecule has 0 saturated heterocycles. The summed E-state index contributed by atoms with van der Waals surface area (Å²) in [7, 11) is 0. The van der Waals surface area contributed by atoms with E-state index in [2.05, 4.69) is 24.4 Å². The van der Waals surface area contributed by atoms with Crippen LogP contribution in [0.4, 0.5) is 0 Å². The zero-order chi connectivity index (χ0) is 10.9. The summed E-state index contributed by atoms with van der Waals surface area (Å²) >= 11 is 0. The lowest BCUT2D eigenvalue weighted by Gasteiger charge is -2.11.